The van der Waals surface area contributed by atoms with Gasteiger partial charge in [0.05, 0.1) is 37.5 Å². The smallest absolute Gasteiger partial charge is 0.193 e. The first-order chi connectivity index (χ1) is 11.4. The number of halogens is 1. The fraction of sp³-hybridized carbons (Fsp3) is 0.765. The normalized spacial score (nSPS) is 16.4. The molecule has 0 atom stereocenters. The maximum absolute atomic E-state index is 9.56. The van der Waals surface area contributed by atoms with Crippen LogP contribution in [0.2, 0.25) is 0 Å². The number of rotatable bonds is 7. The minimum atomic E-state index is -0.209. The molecule has 7 nitrogen and oxygen atoms in total. The third-order valence-corrected chi connectivity index (χ3v) is 4.30. The van der Waals surface area contributed by atoms with Crippen LogP contribution in [0.4, 0.5) is 0 Å². The molecule has 25 heavy (non-hydrogen) atoms. The van der Waals surface area contributed by atoms with Crippen LogP contribution < -0.4 is 5.32 Å². The lowest BCUT2D eigenvalue weighted by Gasteiger charge is -2.38. The van der Waals surface area contributed by atoms with Crippen molar-refractivity contribution in [2.24, 2.45) is 17.5 Å². The molecule has 0 amide bonds. The predicted molar refractivity (Wildman–Crippen MR) is 110 cm³/mol. The molecule has 0 unspecified atom stereocenters. The maximum Gasteiger partial charge on any atom is 0.193 e. The van der Waals surface area contributed by atoms with Gasteiger partial charge in [-0.25, -0.2) is 0 Å². The summed E-state index contributed by atoms with van der Waals surface area (Å²) in [4.78, 5) is 6.83. The van der Waals surface area contributed by atoms with E-state index >= 15 is 0 Å². The third kappa shape index (κ3) is 5.55. The summed E-state index contributed by atoms with van der Waals surface area (Å²) < 4.78 is 7.12. The molecule has 1 fully saturated rings. The van der Waals surface area contributed by atoms with Crippen molar-refractivity contribution < 1.29 is 9.84 Å². The van der Waals surface area contributed by atoms with Gasteiger partial charge in [-0.1, -0.05) is 13.8 Å². The van der Waals surface area contributed by atoms with E-state index in [4.69, 9.17) is 9.73 Å². The van der Waals surface area contributed by atoms with Crippen LogP contribution >= 0.6 is 24.0 Å². The van der Waals surface area contributed by atoms with Gasteiger partial charge in [0, 0.05) is 38.9 Å². The molecule has 1 aromatic heterocycles. The average Bonchev–Trinajstić information content (AvgIpc) is 2.86. The van der Waals surface area contributed by atoms with Gasteiger partial charge in [0.2, 0.25) is 0 Å². The molecule has 0 aliphatic carbocycles. The fourth-order valence-electron chi connectivity index (χ4n) is 2.83. The number of aliphatic hydroxyl groups excluding tert-OH is 1. The first-order valence-corrected chi connectivity index (χ1v) is 8.61. The SMILES string of the molecule is CCNC(=NCC1(CO)COC1)N(C)Cc1cn(C)nc1C(C)C.I. The Labute approximate surface area is 167 Å². The van der Waals surface area contributed by atoms with Crippen molar-refractivity contribution in [2.75, 3.05) is 40.0 Å². The zero-order valence-electron chi connectivity index (χ0n) is 15.9. The number of nitrogens with one attached hydrogen (secondary N) is 1. The van der Waals surface area contributed by atoms with Crippen molar-refractivity contribution in [1.82, 2.24) is 20.0 Å². The van der Waals surface area contributed by atoms with Gasteiger partial charge in [0.15, 0.2) is 5.96 Å². The van der Waals surface area contributed by atoms with E-state index in [0.29, 0.717) is 25.7 Å². The molecule has 0 spiro atoms. The number of guanidine groups is 1. The molecule has 1 aliphatic rings. The molecule has 144 valence electrons. The number of aliphatic imine (C=N–C) groups is 1. The Morgan fingerprint density at radius 2 is 2.20 bits per heavy atom. The van der Waals surface area contributed by atoms with Crippen LogP contribution in [0.25, 0.3) is 0 Å². The lowest BCUT2D eigenvalue weighted by atomic mass is 9.87. The van der Waals surface area contributed by atoms with Crippen LogP contribution in [-0.2, 0) is 18.3 Å². The van der Waals surface area contributed by atoms with Crippen molar-refractivity contribution >= 4 is 29.9 Å². The number of nitrogens with zero attached hydrogens (tertiary/aromatic N) is 4. The second-order valence-electron chi connectivity index (χ2n) is 7.05. The van der Waals surface area contributed by atoms with Crippen molar-refractivity contribution in [3.8, 4) is 0 Å². The standard InChI is InChI=1S/C17H31N5O2.HI/c1-6-18-16(19-9-17(10-23)11-24-12-17)21(4)7-14-8-22(5)20-15(14)13(2)3;/h8,13,23H,6-7,9-12H2,1-5H3,(H,18,19);1H. The zero-order chi connectivity index (χ0) is 17.7. The summed E-state index contributed by atoms with van der Waals surface area (Å²) in [5, 5.41) is 17.5. The van der Waals surface area contributed by atoms with Crippen molar-refractivity contribution in [3.63, 3.8) is 0 Å². The van der Waals surface area contributed by atoms with E-state index in [1.807, 2.05) is 18.8 Å². The van der Waals surface area contributed by atoms with E-state index in [1.54, 1.807) is 0 Å². The van der Waals surface area contributed by atoms with E-state index in [-0.39, 0.29) is 36.0 Å². The highest BCUT2D eigenvalue weighted by Gasteiger charge is 2.38. The van der Waals surface area contributed by atoms with Gasteiger partial charge in [0.1, 0.15) is 0 Å². The lowest BCUT2D eigenvalue weighted by Crippen LogP contribution is -2.49. The summed E-state index contributed by atoms with van der Waals surface area (Å²) >= 11 is 0. The van der Waals surface area contributed by atoms with E-state index in [1.165, 1.54) is 5.56 Å². The first kappa shape index (κ1) is 22.2. The number of ether oxygens (including phenoxy) is 1. The van der Waals surface area contributed by atoms with Crippen LogP contribution in [0.5, 0.6) is 0 Å². The molecule has 2 rings (SSSR count). The van der Waals surface area contributed by atoms with Gasteiger partial charge in [0.25, 0.3) is 0 Å². The molecule has 0 radical (unpaired) electrons. The molecule has 1 saturated heterocycles. The topological polar surface area (TPSA) is 74.9 Å². The van der Waals surface area contributed by atoms with Gasteiger partial charge in [-0.15, -0.1) is 24.0 Å². The quantitative estimate of drug-likeness (QED) is 0.363. The Balaban J connectivity index is 0.00000312. The van der Waals surface area contributed by atoms with Gasteiger partial charge in [-0.3, -0.25) is 9.67 Å². The largest absolute Gasteiger partial charge is 0.396 e. The summed E-state index contributed by atoms with van der Waals surface area (Å²) in [6, 6.07) is 0. The third-order valence-electron chi connectivity index (χ3n) is 4.30. The first-order valence-electron chi connectivity index (χ1n) is 8.61. The fourth-order valence-corrected chi connectivity index (χ4v) is 2.83. The van der Waals surface area contributed by atoms with Crippen LogP contribution in [0.1, 0.15) is 37.9 Å². The van der Waals surface area contributed by atoms with Crippen LogP contribution in [0, 0.1) is 5.41 Å². The molecule has 0 bridgehead atoms. The van der Waals surface area contributed by atoms with E-state index in [2.05, 4.69) is 42.3 Å². The van der Waals surface area contributed by atoms with Crippen molar-refractivity contribution in [2.45, 2.75) is 33.2 Å². The minimum Gasteiger partial charge on any atom is -0.396 e. The van der Waals surface area contributed by atoms with E-state index in [9.17, 15) is 5.11 Å². The van der Waals surface area contributed by atoms with Gasteiger partial charge in [-0.05, 0) is 12.8 Å². The molecule has 2 N–H and O–H groups in total. The van der Waals surface area contributed by atoms with E-state index in [0.717, 1.165) is 24.7 Å². The molecule has 0 aromatic carbocycles. The Bertz CT molecular complexity index is 564. The van der Waals surface area contributed by atoms with E-state index < -0.39 is 0 Å². The Morgan fingerprint density at radius 1 is 1.52 bits per heavy atom. The highest BCUT2D eigenvalue weighted by atomic mass is 127. The summed E-state index contributed by atoms with van der Waals surface area (Å²) in [6.45, 7) is 9.76. The number of aryl methyl sites for hydroxylation is 1. The summed E-state index contributed by atoms with van der Waals surface area (Å²) in [5.41, 5.74) is 2.13. The van der Waals surface area contributed by atoms with Crippen LogP contribution in [-0.4, -0.2) is 65.7 Å². The monoisotopic (exact) mass is 465 g/mol. The zero-order valence-corrected chi connectivity index (χ0v) is 18.3. The molecular formula is C17H32IN5O2. The van der Waals surface area contributed by atoms with Crippen LogP contribution in [0.3, 0.4) is 0 Å². The van der Waals surface area contributed by atoms with Crippen molar-refractivity contribution in [1.29, 1.82) is 0 Å². The summed E-state index contributed by atoms with van der Waals surface area (Å²) in [6.07, 6.45) is 2.07. The van der Waals surface area contributed by atoms with Gasteiger partial charge in [-0.2, -0.15) is 5.10 Å². The summed E-state index contributed by atoms with van der Waals surface area (Å²) in [5.74, 6) is 1.23. The van der Waals surface area contributed by atoms with Gasteiger partial charge >= 0.3 is 0 Å². The molecule has 0 saturated carbocycles. The summed E-state index contributed by atoms with van der Waals surface area (Å²) in [7, 11) is 3.98. The average molecular weight is 465 g/mol. The lowest BCUT2D eigenvalue weighted by molar-refractivity contribution is -0.130. The molecule has 1 aliphatic heterocycles. The second kappa shape index (κ2) is 9.72. The minimum absolute atomic E-state index is 0. The molecule has 8 heteroatoms. The Kier molecular flexibility index (Phi) is 8.62. The Morgan fingerprint density at radius 3 is 2.68 bits per heavy atom. The van der Waals surface area contributed by atoms with Crippen molar-refractivity contribution in [3.05, 3.63) is 17.5 Å². The van der Waals surface area contributed by atoms with Gasteiger partial charge < -0.3 is 20.1 Å². The maximum atomic E-state index is 9.56. The number of aliphatic hydroxyl groups is 1. The highest BCUT2D eigenvalue weighted by Crippen LogP contribution is 2.27. The number of hydrogen-bond acceptors (Lipinski definition) is 4. The predicted octanol–water partition coefficient (Wildman–Crippen LogP) is 1.57. The molecule has 2 heterocycles. The number of hydrogen-bond donors (Lipinski definition) is 2. The number of aromatic nitrogens is 2. The Hall–Kier alpha value is -0.870. The van der Waals surface area contributed by atoms with Crippen LogP contribution in [0.15, 0.2) is 11.2 Å². The highest BCUT2D eigenvalue weighted by molar-refractivity contribution is 14.0. The molecule has 1 aromatic rings. The molecular weight excluding hydrogens is 433 g/mol. The second-order valence-corrected chi connectivity index (χ2v) is 7.05.